The second-order valence-electron chi connectivity index (χ2n) is 2.81. The van der Waals surface area contributed by atoms with Crippen molar-refractivity contribution in [3.8, 4) is 5.75 Å². The summed E-state index contributed by atoms with van der Waals surface area (Å²) >= 11 is 2.15. The van der Waals surface area contributed by atoms with E-state index in [2.05, 4.69) is 22.6 Å². The molecule has 1 aromatic carbocycles. The van der Waals surface area contributed by atoms with E-state index in [1.54, 1.807) is 6.07 Å². The van der Waals surface area contributed by atoms with Crippen LogP contribution in [0.4, 0.5) is 0 Å². The molecule has 1 aromatic rings. The van der Waals surface area contributed by atoms with Crippen molar-refractivity contribution < 1.29 is 14.6 Å². The molecule has 0 atom stereocenters. The maximum absolute atomic E-state index is 11.3. The van der Waals surface area contributed by atoms with Crippen LogP contribution < -0.4 is 0 Å². The lowest BCUT2D eigenvalue weighted by Crippen LogP contribution is -2.18. The molecular weight excluding hydrogens is 283 g/mol. The van der Waals surface area contributed by atoms with Crippen molar-refractivity contribution >= 4 is 28.6 Å². The van der Waals surface area contributed by atoms with Gasteiger partial charge in [-0.3, -0.25) is 0 Å². The molecule has 0 fully saturated rings. The molecule has 1 N–H and O–H groups in total. The van der Waals surface area contributed by atoms with Crippen molar-refractivity contribution in [2.75, 3.05) is 6.61 Å². The van der Waals surface area contributed by atoms with Crippen molar-refractivity contribution in [3.05, 3.63) is 26.8 Å². The fourth-order valence-corrected chi connectivity index (χ4v) is 2.12. The van der Waals surface area contributed by atoms with Gasteiger partial charge in [-0.25, -0.2) is 4.79 Å². The summed E-state index contributed by atoms with van der Waals surface area (Å²) in [4.78, 5) is 11.3. The number of aromatic hydroxyl groups is 1. The zero-order chi connectivity index (χ0) is 9.42. The third kappa shape index (κ3) is 1.39. The van der Waals surface area contributed by atoms with E-state index < -0.39 is 5.97 Å². The van der Waals surface area contributed by atoms with Crippen LogP contribution in [0.2, 0.25) is 0 Å². The van der Waals surface area contributed by atoms with Gasteiger partial charge in [0.2, 0.25) is 0 Å². The number of rotatable bonds is 0. The van der Waals surface area contributed by atoms with Crippen LogP contribution in [0.5, 0.6) is 5.75 Å². The zero-order valence-electron chi connectivity index (χ0n) is 6.71. The first-order chi connectivity index (χ1) is 6.20. The van der Waals surface area contributed by atoms with Gasteiger partial charge in [0.15, 0.2) is 0 Å². The number of esters is 1. The van der Waals surface area contributed by atoms with Gasteiger partial charge in [-0.1, -0.05) is 0 Å². The van der Waals surface area contributed by atoms with Crippen LogP contribution in [0.15, 0.2) is 12.1 Å². The minimum atomic E-state index is -0.419. The number of ether oxygens (including phenoxy) is 1. The van der Waals surface area contributed by atoms with Crippen molar-refractivity contribution in [2.24, 2.45) is 0 Å². The molecule has 0 spiro atoms. The van der Waals surface area contributed by atoms with Crippen LogP contribution in [-0.2, 0) is 11.2 Å². The quantitative estimate of drug-likeness (QED) is 0.584. The van der Waals surface area contributed by atoms with Crippen molar-refractivity contribution in [3.63, 3.8) is 0 Å². The number of cyclic esters (lactones) is 1. The summed E-state index contributed by atoms with van der Waals surface area (Å²) in [6.07, 6.45) is 0.688. The first-order valence-corrected chi connectivity index (χ1v) is 4.95. The summed E-state index contributed by atoms with van der Waals surface area (Å²) in [5.41, 5.74) is 1.23. The van der Waals surface area contributed by atoms with Crippen LogP contribution >= 0.6 is 22.6 Å². The summed E-state index contributed by atoms with van der Waals surface area (Å²) in [6.45, 7) is 0.408. The average molecular weight is 290 g/mol. The van der Waals surface area contributed by atoms with Gasteiger partial charge in [0.1, 0.15) is 11.3 Å². The van der Waals surface area contributed by atoms with E-state index in [9.17, 15) is 9.90 Å². The second kappa shape index (κ2) is 3.17. The Hall–Kier alpha value is -0.780. The summed E-state index contributed by atoms with van der Waals surface area (Å²) in [6, 6.07) is 3.32. The molecule has 0 amide bonds. The number of phenols is 1. The van der Waals surface area contributed by atoms with Gasteiger partial charge in [0.25, 0.3) is 0 Å². The van der Waals surface area contributed by atoms with Gasteiger partial charge in [-0.2, -0.15) is 0 Å². The molecule has 13 heavy (non-hydrogen) atoms. The number of fused-ring (bicyclic) bond motifs is 1. The van der Waals surface area contributed by atoms with Gasteiger partial charge < -0.3 is 9.84 Å². The SMILES string of the molecule is O=C1OCCc2c(I)ccc(O)c21. The number of hydrogen-bond donors (Lipinski definition) is 1. The molecule has 0 saturated carbocycles. The Kier molecular flexibility index (Phi) is 2.15. The van der Waals surface area contributed by atoms with Crippen molar-refractivity contribution in [1.29, 1.82) is 0 Å². The van der Waals surface area contributed by atoms with Gasteiger partial charge in [0, 0.05) is 9.99 Å². The molecule has 0 unspecified atom stereocenters. The average Bonchev–Trinajstić information content (AvgIpc) is 2.12. The Morgan fingerprint density at radius 1 is 1.46 bits per heavy atom. The number of phenolic OH excluding ortho intramolecular Hbond substituents is 1. The first kappa shape index (κ1) is 8.80. The molecule has 1 aliphatic heterocycles. The van der Waals surface area contributed by atoms with Gasteiger partial charge in [-0.05, 0) is 40.3 Å². The Labute approximate surface area is 88.9 Å². The Morgan fingerprint density at radius 2 is 2.23 bits per heavy atom. The third-order valence-corrected chi connectivity index (χ3v) is 3.03. The van der Waals surface area contributed by atoms with E-state index in [0.717, 1.165) is 9.13 Å². The molecule has 0 radical (unpaired) electrons. The van der Waals surface area contributed by atoms with Crippen LogP contribution in [0.3, 0.4) is 0 Å². The lowest BCUT2D eigenvalue weighted by atomic mass is 10.0. The smallest absolute Gasteiger partial charge is 0.342 e. The van der Waals surface area contributed by atoms with E-state index in [1.165, 1.54) is 6.07 Å². The number of benzene rings is 1. The predicted octanol–water partition coefficient (Wildman–Crippen LogP) is 1.71. The van der Waals surface area contributed by atoms with E-state index in [1.807, 2.05) is 0 Å². The summed E-state index contributed by atoms with van der Waals surface area (Å²) in [5.74, 6) is -0.405. The van der Waals surface area contributed by atoms with E-state index in [-0.39, 0.29) is 5.75 Å². The van der Waals surface area contributed by atoms with Crippen LogP contribution in [0.25, 0.3) is 0 Å². The Morgan fingerprint density at radius 3 is 2.92 bits per heavy atom. The molecule has 1 aliphatic rings. The topological polar surface area (TPSA) is 46.5 Å². The monoisotopic (exact) mass is 290 g/mol. The molecule has 4 heteroatoms. The van der Waals surface area contributed by atoms with Crippen molar-refractivity contribution in [1.82, 2.24) is 0 Å². The molecule has 3 nitrogen and oxygen atoms in total. The van der Waals surface area contributed by atoms with E-state index in [4.69, 9.17) is 4.74 Å². The van der Waals surface area contributed by atoms with E-state index in [0.29, 0.717) is 18.6 Å². The largest absolute Gasteiger partial charge is 0.507 e. The van der Waals surface area contributed by atoms with Crippen LogP contribution in [0.1, 0.15) is 15.9 Å². The van der Waals surface area contributed by atoms with Crippen LogP contribution in [0, 0.1) is 3.57 Å². The van der Waals surface area contributed by atoms with Crippen LogP contribution in [-0.4, -0.2) is 17.7 Å². The molecule has 0 aliphatic carbocycles. The maximum Gasteiger partial charge on any atom is 0.342 e. The minimum Gasteiger partial charge on any atom is -0.507 e. The molecule has 68 valence electrons. The lowest BCUT2D eigenvalue weighted by Gasteiger charge is -2.17. The highest BCUT2D eigenvalue weighted by Gasteiger charge is 2.23. The fourth-order valence-electron chi connectivity index (χ4n) is 1.40. The Balaban J connectivity index is 2.67. The summed E-state index contributed by atoms with van der Waals surface area (Å²) in [7, 11) is 0. The molecule has 0 bridgehead atoms. The predicted molar refractivity (Wildman–Crippen MR) is 54.8 cm³/mol. The van der Waals surface area contributed by atoms with Gasteiger partial charge in [0.05, 0.1) is 6.61 Å². The normalized spacial score (nSPS) is 15.0. The number of halogens is 1. The fraction of sp³-hybridized carbons (Fsp3) is 0.222. The Bertz CT molecular complexity index is 373. The first-order valence-electron chi connectivity index (χ1n) is 3.87. The van der Waals surface area contributed by atoms with Gasteiger partial charge >= 0.3 is 5.97 Å². The summed E-state index contributed by atoms with van der Waals surface area (Å²) < 4.78 is 5.84. The standard InChI is InChI=1S/C9H7IO3/c10-6-1-2-7(11)8-5(6)3-4-13-9(8)12/h1-2,11H,3-4H2. The van der Waals surface area contributed by atoms with Crippen molar-refractivity contribution in [2.45, 2.75) is 6.42 Å². The highest BCUT2D eigenvalue weighted by Crippen LogP contribution is 2.29. The highest BCUT2D eigenvalue weighted by atomic mass is 127. The highest BCUT2D eigenvalue weighted by molar-refractivity contribution is 14.1. The number of carbonyl (C=O) groups excluding carboxylic acids is 1. The zero-order valence-corrected chi connectivity index (χ0v) is 8.87. The molecular formula is C9H7IO3. The number of hydrogen-bond acceptors (Lipinski definition) is 3. The second-order valence-corrected chi connectivity index (χ2v) is 3.97. The molecule has 1 heterocycles. The molecule has 0 saturated heterocycles. The number of carbonyl (C=O) groups is 1. The maximum atomic E-state index is 11.3. The molecule has 0 aromatic heterocycles. The lowest BCUT2D eigenvalue weighted by molar-refractivity contribution is 0.0475. The van der Waals surface area contributed by atoms with Gasteiger partial charge in [-0.15, -0.1) is 0 Å². The summed E-state index contributed by atoms with van der Waals surface area (Å²) in [5, 5.41) is 9.45. The third-order valence-electron chi connectivity index (χ3n) is 2.02. The molecule has 2 rings (SSSR count). The van der Waals surface area contributed by atoms with E-state index >= 15 is 0 Å². The minimum absolute atomic E-state index is 0.0140.